The van der Waals surface area contributed by atoms with Gasteiger partial charge in [-0.1, -0.05) is 20.8 Å². The molecule has 1 N–H and O–H groups in total. The molecule has 0 fully saturated rings. The van der Waals surface area contributed by atoms with Crippen LogP contribution in [0.5, 0.6) is 0 Å². The molecule has 0 amide bonds. The normalized spacial score (nSPS) is 12.6. The Balaban J connectivity index is 3.20. The number of nitrogens with one attached hydrogen (secondary N) is 1. The van der Waals surface area contributed by atoms with Gasteiger partial charge in [-0.2, -0.15) is 0 Å². The molecule has 1 heterocycles. The molecule has 0 aromatic carbocycles. The van der Waals surface area contributed by atoms with E-state index in [4.69, 9.17) is 0 Å². The summed E-state index contributed by atoms with van der Waals surface area (Å²) in [6, 6.07) is 0. The Bertz CT molecular complexity index is 309. The van der Waals surface area contributed by atoms with Crippen LogP contribution in [0.1, 0.15) is 50.2 Å². The van der Waals surface area contributed by atoms with Crippen LogP contribution in [0.4, 0.5) is 5.82 Å². The Morgan fingerprint density at radius 2 is 1.93 bits per heavy atom. The second kappa shape index (κ2) is 5.10. The van der Waals surface area contributed by atoms with E-state index < -0.39 is 0 Å². The molecule has 1 atom stereocenters. The zero-order chi connectivity index (χ0) is 11.4. The van der Waals surface area contributed by atoms with E-state index >= 15 is 0 Å². The van der Waals surface area contributed by atoms with E-state index in [0.717, 1.165) is 30.2 Å². The van der Waals surface area contributed by atoms with Crippen LogP contribution in [-0.4, -0.2) is 17.0 Å². The highest BCUT2D eigenvalue weighted by Gasteiger charge is 2.12. The molecule has 84 valence electrons. The second-order valence-electron chi connectivity index (χ2n) is 3.91. The maximum atomic E-state index is 4.62. The lowest BCUT2D eigenvalue weighted by Gasteiger charge is -2.14. The first kappa shape index (κ1) is 12.0. The van der Waals surface area contributed by atoms with Gasteiger partial charge in [0.25, 0.3) is 0 Å². The number of hydrogen-bond donors (Lipinski definition) is 1. The van der Waals surface area contributed by atoms with Crippen LogP contribution in [0, 0.1) is 6.92 Å². The maximum absolute atomic E-state index is 4.62. The van der Waals surface area contributed by atoms with Gasteiger partial charge in [0.15, 0.2) is 0 Å². The zero-order valence-electron chi connectivity index (χ0n) is 10.4. The van der Waals surface area contributed by atoms with E-state index in [2.05, 4.69) is 43.0 Å². The summed E-state index contributed by atoms with van der Waals surface area (Å²) in [4.78, 5) is 9.17. The Morgan fingerprint density at radius 1 is 1.27 bits per heavy atom. The molecule has 3 nitrogen and oxygen atoms in total. The minimum absolute atomic E-state index is 0.433. The molecule has 0 aliphatic carbocycles. The third-order valence-corrected chi connectivity index (χ3v) is 2.89. The topological polar surface area (TPSA) is 37.8 Å². The monoisotopic (exact) mass is 207 g/mol. The molecule has 1 aromatic heterocycles. The van der Waals surface area contributed by atoms with E-state index in [0.29, 0.717) is 5.92 Å². The minimum Gasteiger partial charge on any atom is -0.373 e. The summed E-state index contributed by atoms with van der Waals surface area (Å²) in [6.07, 6.45) is 2.04. The Labute approximate surface area is 92.3 Å². The van der Waals surface area contributed by atoms with Crippen molar-refractivity contribution in [2.75, 3.05) is 12.4 Å². The second-order valence-corrected chi connectivity index (χ2v) is 3.91. The van der Waals surface area contributed by atoms with Gasteiger partial charge in [0.2, 0.25) is 0 Å². The van der Waals surface area contributed by atoms with Crippen molar-refractivity contribution < 1.29 is 0 Å². The fourth-order valence-corrected chi connectivity index (χ4v) is 1.57. The minimum atomic E-state index is 0.433. The quantitative estimate of drug-likeness (QED) is 0.825. The first-order chi connectivity index (χ1) is 7.13. The SMILES string of the molecule is CCc1nc(C(C)CC)nc(NC)c1C. The van der Waals surface area contributed by atoms with Crippen molar-refractivity contribution in [3.8, 4) is 0 Å². The lowest BCUT2D eigenvalue weighted by atomic mass is 10.1. The van der Waals surface area contributed by atoms with Crippen molar-refractivity contribution in [2.24, 2.45) is 0 Å². The van der Waals surface area contributed by atoms with Gasteiger partial charge in [-0.05, 0) is 19.8 Å². The van der Waals surface area contributed by atoms with Gasteiger partial charge in [0.05, 0.1) is 0 Å². The van der Waals surface area contributed by atoms with Crippen LogP contribution in [-0.2, 0) is 6.42 Å². The van der Waals surface area contributed by atoms with E-state index in [9.17, 15) is 0 Å². The summed E-state index contributed by atoms with van der Waals surface area (Å²) in [5, 5.41) is 3.14. The summed E-state index contributed by atoms with van der Waals surface area (Å²) in [5.74, 6) is 2.37. The Hall–Kier alpha value is -1.12. The molecule has 0 bridgehead atoms. The summed E-state index contributed by atoms with van der Waals surface area (Å²) in [7, 11) is 1.91. The molecule has 3 heteroatoms. The maximum Gasteiger partial charge on any atom is 0.133 e. The third kappa shape index (κ3) is 2.46. The third-order valence-electron chi connectivity index (χ3n) is 2.89. The number of anilines is 1. The van der Waals surface area contributed by atoms with Crippen LogP contribution < -0.4 is 5.32 Å². The molecule has 15 heavy (non-hydrogen) atoms. The van der Waals surface area contributed by atoms with Crippen molar-refractivity contribution in [1.82, 2.24) is 9.97 Å². The fourth-order valence-electron chi connectivity index (χ4n) is 1.57. The lowest BCUT2D eigenvalue weighted by molar-refractivity contribution is 0.670. The van der Waals surface area contributed by atoms with Gasteiger partial charge in [-0.25, -0.2) is 9.97 Å². The number of aryl methyl sites for hydroxylation is 1. The van der Waals surface area contributed by atoms with E-state index in [-0.39, 0.29) is 0 Å². The number of aromatic nitrogens is 2. The average Bonchev–Trinajstić information content (AvgIpc) is 2.28. The largest absolute Gasteiger partial charge is 0.373 e. The van der Waals surface area contributed by atoms with Crippen LogP contribution in [0.25, 0.3) is 0 Å². The summed E-state index contributed by atoms with van der Waals surface area (Å²) < 4.78 is 0. The van der Waals surface area contributed by atoms with Crippen molar-refractivity contribution in [1.29, 1.82) is 0 Å². The van der Waals surface area contributed by atoms with Gasteiger partial charge in [-0.3, -0.25) is 0 Å². The highest BCUT2D eigenvalue weighted by Crippen LogP contribution is 2.21. The molecule has 1 aromatic rings. The average molecular weight is 207 g/mol. The molecule has 1 rings (SSSR count). The van der Waals surface area contributed by atoms with Crippen LogP contribution in [0.3, 0.4) is 0 Å². The standard InChI is InChI=1S/C12H21N3/c1-6-8(3)11-14-10(7-2)9(4)12(13-5)15-11/h8H,6-7H2,1-5H3,(H,13,14,15). The van der Waals surface area contributed by atoms with Gasteiger partial charge in [-0.15, -0.1) is 0 Å². The summed E-state index contributed by atoms with van der Waals surface area (Å²) in [5.41, 5.74) is 2.33. The highest BCUT2D eigenvalue weighted by atomic mass is 15.0. The van der Waals surface area contributed by atoms with Crippen molar-refractivity contribution in [3.63, 3.8) is 0 Å². The fraction of sp³-hybridized carbons (Fsp3) is 0.667. The highest BCUT2D eigenvalue weighted by molar-refractivity contribution is 5.45. The van der Waals surface area contributed by atoms with E-state index in [1.54, 1.807) is 0 Å². The first-order valence-corrected chi connectivity index (χ1v) is 5.69. The van der Waals surface area contributed by atoms with E-state index in [1.807, 2.05) is 7.05 Å². The molecule has 0 saturated carbocycles. The van der Waals surface area contributed by atoms with E-state index in [1.165, 1.54) is 5.56 Å². The van der Waals surface area contributed by atoms with Gasteiger partial charge in [0, 0.05) is 24.2 Å². The molecule has 0 aliphatic heterocycles. The first-order valence-electron chi connectivity index (χ1n) is 5.69. The molecule has 1 unspecified atom stereocenters. The number of rotatable bonds is 4. The van der Waals surface area contributed by atoms with Crippen molar-refractivity contribution in [3.05, 3.63) is 17.1 Å². The Morgan fingerprint density at radius 3 is 2.40 bits per heavy atom. The number of nitrogens with zero attached hydrogens (tertiary/aromatic N) is 2. The molecule has 0 saturated heterocycles. The Kier molecular flexibility index (Phi) is 4.06. The summed E-state index contributed by atoms with van der Waals surface area (Å²) in [6.45, 7) is 8.54. The predicted molar refractivity (Wildman–Crippen MR) is 64.4 cm³/mol. The van der Waals surface area contributed by atoms with Crippen LogP contribution in [0.2, 0.25) is 0 Å². The smallest absolute Gasteiger partial charge is 0.133 e. The molecule has 0 radical (unpaired) electrons. The van der Waals surface area contributed by atoms with Gasteiger partial charge >= 0.3 is 0 Å². The summed E-state index contributed by atoms with van der Waals surface area (Å²) >= 11 is 0. The molecular weight excluding hydrogens is 186 g/mol. The predicted octanol–water partition coefficient (Wildman–Crippen LogP) is 2.90. The van der Waals surface area contributed by atoms with Gasteiger partial charge < -0.3 is 5.32 Å². The molecule has 0 spiro atoms. The lowest BCUT2D eigenvalue weighted by Crippen LogP contribution is -2.09. The number of hydrogen-bond acceptors (Lipinski definition) is 3. The van der Waals surface area contributed by atoms with Crippen molar-refractivity contribution >= 4 is 5.82 Å². The van der Waals surface area contributed by atoms with Crippen LogP contribution in [0.15, 0.2) is 0 Å². The zero-order valence-corrected chi connectivity index (χ0v) is 10.4. The van der Waals surface area contributed by atoms with Crippen LogP contribution >= 0.6 is 0 Å². The molecular formula is C12H21N3. The van der Waals surface area contributed by atoms with Gasteiger partial charge in [0.1, 0.15) is 11.6 Å². The molecule has 0 aliphatic rings. The van der Waals surface area contributed by atoms with Crippen molar-refractivity contribution in [2.45, 2.75) is 46.5 Å².